The molecule has 252 valence electrons. The lowest BCUT2D eigenvalue weighted by Crippen LogP contribution is -2.55. The summed E-state index contributed by atoms with van der Waals surface area (Å²) in [7, 11) is 2.03. The van der Waals surface area contributed by atoms with Crippen molar-refractivity contribution >= 4 is 57.6 Å². The molecule has 3 unspecified atom stereocenters. The molecule has 4 atom stereocenters. The zero-order valence-electron chi connectivity index (χ0n) is 27.4. The molecule has 1 aromatic carbocycles. The van der Waals surface area contributed by atoms with Gasteiger partial charge in [0.15, 0.2) is 0 Å². The van der Waals surface area contributed by atoms with Crippen LogP contribution in [-0.4, -0.2) is 99.4 Å². The molecule has 1 saturated carbocycles. The van der Waals surface area contributed by atoms with Crippen molar-refractivity contribution in [1.82, 2.24) is 20.0 Å². The normalized spacial score (nSPS) is 25.4. The highest BCUT2D eigenvalue weighted by Crippen LogP contribution is 2.33. The predicted molar refractivity (Wildman–Crippen MR) is 181 cm³/mol. The third-order valence-corrected chi connectivity index (χ3v) is 10.5. The first-order chi connectivity index (χ1) is 21.3. The number of halogens is 2. The molecule has 1 N–H and O–H groups in total. The maximum absolute atomic E-state index is 14.0. The number of amides is 4. The predicted octanol–water partition coefficient (Wildman–Crippen LogP) is 4.69. The van der Waals surface area contributed by atoms with Crippen molar-refractivity contribution in [2.24, 2.45) is 11.8 Å². The fourth-order valence-corrected chi connectivity index (χ4v) is 7.51. The lowest BCUT2D eigenvalue weighted by atomic mass is 10.0. The van der Waals surface area contributed by atoms with Crippen LogP contribution in [0.3, 0.4) is 0 Å². The number of fused-ring (bicyclic) bond motifs is 1. The molecular weight excluding hydrogens is 635 g/mol. The Morgan fingerprint density at radius 3 is 2.42 bits per heavy atom. The van der Waals surface area contributed by atoms with Crippen LogP contribution in [0.5, 0.6) is 0 Å². The molecule has 0 aromatic heterocycles. The standard InChI is InChI=1S/C29H40Cl2N4O5S.C4H10/c1-33(26(36)14-19-8-9-19)24-7-3-4-13-41(40)18-22-6-5-12-35(22)29(39)25(34(2)27(37)17-32-28(24)38)16-20-15-21(30)10-11-23(20)31;1-4(2)3/h10-11,15,19,22,24-25H,3-9,12-14,16-18H2,1-2H3,(H,32,38);4H,1-3H3/t22?,24?,25-,41?;/m0./s1. The van der Waals surface area contributed by atoms with Crippen molar-refractivity contribution in [1.29, 1.82) is 0 Å². The first-order valence-corrected chi connectivity index (χ1v) is 18.4. The number of likely N-dealkylation sites (N-methyl/N-ethyl adjacent to an activating group) is 2. The molecule has 4 amide bonds. The largest absolute Gasteiger partial charge is 0.345 e. The highest BCUT2D eigenvalue weighted by molar-refractivity contribution is 7.85. The summed E-state index contributed by atoms with van der Waals surface area (Å²) in [5, 5.41) is 3.62. The van der Waals surface area contributed by atoms with Gasteiger partial charge < -0.3 is 20.0 Å². The average Bonchev–Trinajstić information content (AvgIpc) is 3.68. The van der Waals surface area contributed by atoms with E-state index in [0.29, 0.717) is 65.3 Å². The quantitative estimate of drug-likeness (QED) is 0.484. The molecular formula is C33H50Cl2N4O5S. The summed E-state index contributed by atoms with van der Waals surface area (Å²) in [6.07, 6.45) is 5.85. The summed E-state index contributed by atoms with van der Waals surface area (Å²) in [6, 6.07) is 3.21. The highest BCUT2D eigenvalue weighted by Gasteiger charge is 2.38. The molecule has 1 aromatic rings. The summed E-state index contributed by atoms with van der Waals surface area (Å²) in [5.41, 5.74) is 0.630. The topological polar surface area (TPSA) is 107 Å². The Bertz CT molecular complexity index is 1220. The van der Waals surface area contributed by atoms with E-state index in [1.165, 1.54) is 9.80 Å². The van der Waals surface area contributed by atoms with E-state index in [0.717, 1.165) is 31.6 Å². The average molecular weight is 686 g/mol. The van der Waals surface area contributed by atoms with Gasteiger partial charge in [-0.15, -0.1) is 0 Å². The monoisotopic (exact) mass is 684 g/mol. The van der Waals surface area contributed by atoms with E-state index >= 15 is 0 Å². The molecule has 4 rings (SSSR count). The zero-order chi connectivity index (χ0) is 33.3. The van der Waals surface area contributed by atoms with E-state index in [1.54, 1.807) is 37.2 Å². The van der Waals surface area contributed by atoms with Crippen molar-refractivity contribution in [2.45, 2.75) is 96.7 Å². The van der Waals surface area contributed by atoms with Crippen molar-refractivity contribution in [2.75, 3.05) is 38.7 Å². The molecule has 3 fully saturated rings. The van der Waals surface area contributed by atoms with Crippen LogP contribution in [0.25, 0.3) is 0 Å². The summed E-state index contributed by atoms with van der Waals surface area (Å²) in [4.78, 5) is 58.1. The van der Waals surface area contributed by atoms with E-state index in [2.05, 4.69) is 26.1 Å². The molecule has 2 saturated heterocycles. The van der Waals surface area contributed by atoms with Crippen molar-refractivity contribution in [3.8, 4) is 0 Å². The van der Waals surface area contributed by atoms with Gasteiger partial charge in [0.1, 0.15) is 12.1 Å². The minimum absolute atomic E-state index is 0.0838. The second-order valence-electron chi connectivity index (χ2n) is 13.2. The van der Waals surface area contributed by atoms with Crippen LogP contribution < -0.4 is 5.32 Å². The van der Waals surface area contributed by atoms with E-state index < -0.39 is 34.7 Å². The molecule has 0 radical (unpaired) electrons. The van der Waals surface area contributed by atoms with Crippen LogP contribution in [0.15, 0.2) is 18.2 Å². The molecule has 3 aliphatic rings. The van der Waals surface area contributed by atoms with Gasteiger partial charge in [-0.3, -0.25) is 23.4 Å². The van der Waals surface area contributed by atoms with Crippen LogP contribution >= 0.6 is 23.2 Å². The first kappa shape index (κ1) is 37.3. The van der Waals surface area contributed by atoms with E-state index in [-0.39, 0.29) is 30.8 Å². The molecule has 1 aliphatic carbocycles. The number of hydrogen-bond donors (Lipinski definition) is 1. The van der Waals surface area contributed by atoms with Crippen LogP contribution in [0.4, 0.5) is 0 Å². The lowest BCUT2D eigenvalue weighted by Gasteiger charge is -2.34. The minimum atomic E-state index is -1.15. The van der Waals surface area contributed by atoms with Gasteiger partial charge in [-0.25, -0.2) is 0 Å². The van der Waals surface area contributed by atoms with Gasteiger partial charge in [-0.1, -0.05) is 44.0 Å². The SMILES string of the molecule is CC(C)C.CN(C(=O)CC1CC1)C1CCCCS(=O)CC2CCCN2C(=O)[C@H](Cc2cc(Cl)ccc2Cl)N(C)C(=O)CNC1=O. The van der Waals surface area contributed by atoms with Crippen LogP contribution in [0, 0.1) is 11.8 Å². The van der Waals surface area contributed by atoms with Crippen molar-refractivity contribution in [3.63, 3.8) is 0 Å². The Hall–Kier alpha value is -2.17. The van der Waals surface area contributed by atoms with Gasteiger partial charge in [-0.05, 0) is 80.5 Å². The molecule has 2 aliphatic heterocycles. The van der Waals surface area contributed by atoms with Gasteiger partial charge in [0.05, 0.1) is 6.54 Å². The molecule has 0 bridgehead atoms. The van der Waals surface area contributed by atoms with Crippen LogP contribution in [0.2, 0.25) is 10.0 Å². The Labute approximate surface area is 281 Å². The lowest BCUT2D eigenvalue weighted by molar-refractivity contribution is -0.145. The van der Waals surface area contributed by atoms with Crippen molar-refractivity contribution in [3.05, 3.63) is 33.8 Å². The van der Waals surface area contributed by atoms with Gasteiger partial charge in [-0.2, -0.15) is 0 Å². The Balaban J connectivity index is 0.00000130. The minimum Gasteiger partial charge on any atom is -0.345 e. The molecule has 12 heteroatoms. The summed E-state index contributed by atoms with van der Waals surface area (Å²) in [5.74, 6) is 0.885. The summed E-state index contributed by atoms with van der Waals surface area (Å²) >= 11 is 12.7. The number of nitrogens with one attached hydrogen (secondary N) is 1. The number of carbonyl (C=O) groups is 4. The Morgan fingerprint density at radius 2 is 1.76 bits per heavy atom. The Morgan fingerprint density at radius 1 is 1.07 bits per heavy atom. The third kappa shape index (κ3) is 11.5. The molecule has 45 heavy (non-hydrogen) atoms. The fraction of sp³-hybridized carbons (Fsp3) is 0.697. The van der Waals surface area contributed by atoms with Gasteiger partial charge in [0.25, 0.3) is 0 Å². The third-order valence-electron chi connectivity index (χ3n) is 8.44. The van der Waals surface area contributed by atoms with Crippen molar-refractivity contribution < 1.29 is 23.4 Å². The number of nitrogens with zero attached hydrogens (tertiary/aromatic N) is 3. The number of hydrogen-bond acceptors (Lipinski definition) is 5. The second-order valence-corrected chi connectivity index (χ2v) is 15.7. The smallest absolute Gasteiger partial charge is 0.245 e. The molecule has 2 heterocycles. The van der Waals surface area contributed by atoms with E-state index in [9.17, 15) is 23.4 Å². The Kier molecular flexibility index (Phi) is 14.6. The second kappa shape index (κ2) is 17.7. The maximum Gasteiger partial charge on any atom is 0.245 e. The van der Waals surface area contributed by atoms with Gasteiger partial charge in [0, 0.05) is 71.9 Å². The summed E-state index contributed by atoms with van der Waals surface area (Å²) < 4.78 is 13.0. The maximum atomic E-state index is 14.0. The highest BCUT2D eigenvalue weighted by atomic mass is 35.5. The first-order valence-electron chi connectivity index (χ1n) is 16.2. The van der Waals surface area contributed by atoms with E-state index in [4.69, 9.17) is 23.2 Å². The number of benzene rings is 1. The van der Waals surface area contributed by atoms with Gasteiger partial charge in [0.2, 0.25) is 23.6 Å². The van der Waals surface area contributed by atoms with Gasteiger partial charge >= 0.3 is 0 Å². The summed E-state index contributed by atoms with van der Waals surface area (Å²) in [6.45, 7) is 6.72. The van der Waals surface area contributed by atoms with Crippen LogP contribution in [-0.2, 0) is 36.4 Å². The molecule has 9 nitrogen and oxygen atoms in total. The van der Waals surface area contributed by atoms with Crippen LogP contribution in [0.1, 0.15) is 77.7 Å². The fourth-order valence-electron chi connectivity index (χ4n) is 5.65. The molecule has 0 spiro atoms. The van der Waals surface area contributed by atoms with E-state index in [1.807, 2.05) is 0 Å². The number of rotatable bonds is 5. The number of carbonyl (C=O) groups excluding carboxylic acids is 4. The zero-order valence-corrected chi connectivity index (χ0v) is 29.7.